The molecule has 0 bridgehead atoms. The third-order valence-corrected chi connectivity index (χ3v) is 5.49. The van der Waals surface area contributed by atoms with E-state index in [1.54, 1.807) is 6.07 Å². The van der Waals surface area contributed by atoms with E-state index in [1.165, 1.54) is 5.56 Å². The Morgan fingerprint density at radius 1 is 1.18 bits per heavy atom. The molecule has 6 nitrogen and oxygen atoms in total. The molecule has 28 heavy (non-hydrogen) atoms. The molecule has 0 aliphatic carbocycles. The largest absolute Gasteiger partial charge is 0.492 e. The number of aromatic nitrogens is 3. The third-order valence-electron chi connectivity index (χ3n) is 4.69. The number of para-hydroxylation sites is 2. The summed E-state index contributed by atoms with van der Waals surface area (Å²) in [6.07, 6.45) is 0. The second-order valence-corrected chi connectivity index (χ2v) is 7.40. The smallest absolute Gasteiger partial charge is 0.198 e. The molecular formula is C20H21ClN4O2S. The van der Waals surface area contributed by atoms with E-state index in [0.717, 1.165) is 24.7 Å². The lowest BCUT2D eigenvalue weighted by atomic mass is 10.2. The van der Waals surface area contributed by atoms with E-state index < -0.39 is 0 Å². The zero-order chi connectivity index (χ0) is 19.5. The number of hydrogen-bond donors (Lipinski definition) is 0. The monoisotopic (exact) mass is 416 g/mol. The average molecular weight is 417 g/mol. The van der Waals surface area contributed by atoms with E-state index in [9.17, 15) is 0 Å². The molecule has 0 atom stereocenters. The molecule has 0 spiro atoms. The van der Waals surface area contributed by atoms with Gasteiger partial charge in [0.2, 0.25) is 0 Å². The predicted molar refractivity (Wildman–Crippen MR) is 110 cm³/mol. The Kier molecular flexibility index (Phi) is 5.66. The molecule has 0 fully saturated rings. The summed E-state index contributed by atoms with van der Waals surface area (Å²) in [5.41, 5.74) is 1.17. The highest BCUT2D eigenvalue weighted by molar-refractivity contribution is 7.71. The summed E-state index contributed by atoms with van der Waals surface area (Å²) in [4.78, 5) is 2.27. The highest BCUT2D eigenvalue weighted by Gasteiger charge is 2.17. The SMILES string of the molecule is Cn1c(COc2ccccc2Cl)nn(CN2CCOc3ccccc3C2)c1=S. The lowest BCUT2D eigenvalue weighted by Gasteiger charge is -2.18. The summed E-state index contributed by atoms with van der Waals surface area (Å²) in [5, 5.41) is 5.24. The first-order chi connectivity index (χ1) is 13.6. The van der Waals surface area contributed by atoms with Crippen molar-refractivity contribution in [2.24, 2.45) is 7.05 Å². The highest BCUT2D eigenvalue weighted by Crippen LogP contribution is 2.24. The number of rotatable bonds is 5. The molecular weight excluding hydrogens is 396 g/mol. The predicted octanol–water partition coefficient (Wildman–Crippen LogP) is 4.04. The summed E-state index contributed by atoms with van der Waals surface area (Å²) in [6, 6.07) is 15.5. The third kappa shape index (κ3) is 4.06. The van der Waals surface area contributed by atoms with Gasteiger partial charge in [-0.3, -0.25) is 4.90 Å². The van der Waals surface area contributed by atoms with Crippen molar-refractivity contribution in [2.45, 2.75) is 19.8 Å². The number of benzene rings is 2. The Hall–Kier alpha value is -2.35. The minimum absolute atomic E-state index is 0.294. The van der Waals surface area contributed by atoms with E-state index >= 15 is 0 Å². The molecule has 3 aromatic rings. The van der Waals surface area contributed by atoms with Crippen LogP contribution in [-0.2, 0) is 26.9 Å². The van der Waals surface area contributed by atoms with Crippen LogP contribution in [-0.4, -0.2) is 32.4 Å². The molecule has 1 aliphatic rings. The van der Waals surface area contributed by atoms with Crippen LogP contribution in [0.25, 0.3) is 0 Å². The van der Waals surface area contributed by atoms with Gasteiger partial charge in [-0.2, -0.15) is 5.10 Å². The highest BCUT2D eigenvalue weighted by atomic mass is 35.5. The molecule has 2 aromatic carbocycles. The van der Waals surface area contributed by atoms with Crippen molar-refractivity contribution in [2.75, 3.05) is 13.2 Å². The first kappa shape index (κ1) is 19.0. The van der Waals surface area contributed by atoms with Crippen molar-refractivity contribution in [1.82, 2.24) is 19.2 Å². The lowest BCUT2D eigenvalue weighted by molar-refractivity contribution is 0.176. The molecule has 0 saturated carbocycles. The van der Waals surface area contributed by atoms with Crippen LogP contribution in [0.5, 0.6) is 11.5 Å². The van der Waals surface area contributed by atoms with Crippen molar-refractivity contribution in [1.29, 1.82) is 0 Å². The fourth-order valence-corrected chi connectivity index (χ4v) is 3.54. The Bertz CT molecular complexity index is 1030. The van der Waals surface area contributed by atoms with Gasteiger partial charge in [0, 0.05) is 25.7 Å². The second-order valence-electron chi connectivity index (χ2n) is 6.63. The van der Waals surface area contributed by atoms with Gasteiger partial charge in [-0.1, -0.05) is 41.9 Å². The van der Waals surface area contributed by atoms with E-state index in [2.05, 4.69) is 16.1 Å². The van der Waals surface area contributed by atoms with Gasteiger partial charge in [-0.25, -0.2) is 4.68 Å². The molecule has 0 amide bonds. The van der Waals surface area contributed by atoms with E-state index in [0.29, 0.717) is 35.4 Å². The van der Waals surface area contributed by atoms with Crippen molar-refractivity contribution in [3.8, 4) is 11.5 Å². The molecule has 0 N–H and O–H groups in total. The standard InChI is InChI=1S/C20H21ClN4O2S/c1-23-19(13-27-18-9-5-3-7-16(18)21)22-25(20(23)28)14-24-10-11-26-17-8-4-2-6-15(17)12-24/h2-9H,10-14H2,1H3. The molecule has 146 valence electrons. The van der Waals surface area contributed by atoms with Gasteiger partial charge in [0.25, 0.3) is 0 Å². The zero-order valence-electron chi connectivity index (χ0n) is 15.5. The first-order valence-corrected chi connectivity index (χ1v) is 9.83. The number of hydrogen-bond acceptors (Lipinski definition) is 5. The molecule has 2 heterocycles. The Morgan fingerprint density at radius 3 is 2.82 bits per heavy atom. The molecule has 0 saturated heterocycles. The van der Waals surface area contributed by atoms with Crippen LogP contribution in [0.15, 0.2) is 48.5 Å². The Balaban J connectivity index is 1.48. The van der Waals surface area contributed by atoms with Crippen molar-refractivity contribution >= 4 is 23.8 Å². The van der Waals surface area contributed by atoms with E-state index in [4.69, 9.17) is 33.3 Å². The molecule has 0 radical (unpaired) electrons. The van der Waals surface area contributed by atoms with Crippen LogP contribution in [0.2, 0.25) is 5.02 Å². The zero-order valence-corrected chi connectivity index (χ0v) is 17.1. The average Bonchev–Trinajstić information content (AvgIpc) is 2.86. The lowest BCUT2D eigenvalue weighted by Crippen LogP contribution is -2.29. The normalized spacial score (nSPS) is 14.2. The van der Waals surface area contributed by atoms with Crippen LogP contribution in [0, 0.1) is 4.77 Å². The molecule has 1 aliphatic heterocycles. The van der Waals surface area contributed by atoms with Crippen molar-refractivity contribution in [3.63, 3.8) is 0 Å². The van der Waals surface area contributed by atoms with Crippen molar-refractivity contribution in [3.05, 3.63) is 69.7 Å². The van der Waals surface area contributed by atoms with Gasteiger partial charge in [0.05, 0.1) is 11.7 Å². The summed E-state index contributed by atoms with van der Waals surface area (Å²) < 4.78 is 16.0. The van der Waals surface area contributed by atoms with Crippen LogP contribution in [0.3, 0.4) is 0 Å². The number of fused-ring (bicyclic) bond motifs is 1. The summed E-state index contributed by atoms with van der Waals surface area (Å²) in [6.45, 7) is 3.12. The maximum atomic E-state index is 6.16. The van der Waals surface area contributed by atoms with Gasteiger partial charge in [0.15, 0.2) is 10.6 Å². The van der Waals surface area contributed by atoms with Gasteiger partial charge in [0.1, 0.15) is 24.7 Å². The van der Waals surface area contributed by atoms with Crippen LogP contribution in [0.1, 0.15) is 11.4 Å². The Morgan fingerprint density at radius 2 is 1.96 bits per heavy atom. The maximum Gasteiger partial charge on any atom is 0.198 e. The Labute approximate surface area is 173 Å². The first-order valence-electron chi connectivity index (χ1n) is 9.05. The quantitative estimate of drug-likeness (QED) is 0.587. The summed E-state index contributed by atoms with van der Waals surface area (Å²) in [5.74, 6) is 2.32. The minimum atomic E-state index is 0.294. The molecule has 0 unspecified atom stereocenters. The second kappa shape index (κ2) is 8.34. The number of nitrogens with zero attached hydrogens (tertiary/aromatic N) is 4. The topological polar surface area (TPSA) is 44.5 Å². The van der Waals surface area contributed by atoms with Gasteiger partial charge < -0.3 is 14.0 Å². The molecule has 8 heteroatoms. The van der Waals surface area contributed by atoms with E-state index in [-0.39, 0.29) is 0 Å². The fraction of sp³-hybridized carbons (Fsp3) is 0.300. The summed E-state index contributed by atoms with van der Waals surface area (Å²) in [7, 11) is 1.90. The minimum Gasteiger partial charge on any atom is -0.492 e. The van der Waals surface area contributed by atoms with Gasteiger partial charge in [-0.05, 0) is 30.4 Å². The maximum absolute atomic E-state index is 6.16. The van der Waals surface area contributed by atoms with E-state index in [1.807, 2.05) is 52.7 Å². The van der Waals surface area contributed by atoms with Crippen LogP contribution in [0.4, 0.5) is 0 Å². The van der Waals surface area contributed by atoms with Crippen molar-refractivity contribution < 1.29 is 9.47 Å². The number of ether oxygens (including phenoxy) is 2. The van der Waals surface area contributed by atoms with Crippen LogP contribution < -0.4 is 9.47 Å². The molecule has 1 aromatic heterocycles. The fourth-order valence-electron chi connectivity index (χ4n) is 3.14. The van der Waals surface area contributed by atoms with Gasteiger partial charge >= 0.3 is 0 Å². The molecule has 4 rings (SSSR count). The number of halogens is 1. The van der Waals surface area contributed by atoms with Gasteiger partial charge in [-0.15, -0.1) is 0 Å². The summed E-state index contributed by atoms with van der Waals surface area (Å²) >= 11 is 11.7. The van der Waals surface area contributed by atoms with Crippen LogP contribution >= 0.6 is 23.8 Å².